The van der Waals surface area contributed by atoms with Crippen molar-refractivity contribution in [1.29, 1.82) is 0 Å². The average Bonchev–Trinajstić information content (AvgIpc) is 1.88. The van der Waals surface area contributed by atoms with Crippen molar-refractivity contribution in [2.24, 2.45) is 0 Å². The molecule has 1 aromatic carbocycles. The summed E-state index contributed by atoms with van der Waals surface area (Å²) in [5.41, 5.74) is 5.31. The molecule has 0 aromatic heterocycles. The lowest BCUT2D eigenvalue weighted by Crippen LogP contribution is -2.60. The van der Waals surface area contributed by atoms with Gasteiger partial charge in [-0.25, -0.2) is 0 Å². The first-order chi connectivity index (χ1) is 4.79. The predicted octanol–water partition coefficient (Wildman–Crippen LogP) is 0.859. The van der Waals surface area contributed by atoms with Gasteiger partial charge < -0.3 is 5.73 Å². The van der Waals surface area contributed by atoms with Crippen LogP contribution in [0.15, 0.2) is 30.3 Å². The number of hydrogen-bond donors (Lipinski definition) is 1. The Morgan fingerprint density at radius 2 is 1.90 bits per heavy atom. The molecule has 3 N–H and O–H groups in total. The fourth-order valence-corrected chi connectivity index (χ4v) is 1.02. The van der Waals surface area contributed by atoms with Crippen LogP contribution in [-0.2, 0) is 6.42 Å². The molecule has 1 atom stereocenters. The van der Waals surface area contributed by atoms with Crippen LogP contribution in [0, 0.1) is 0 Å². The lowest BCUT2D eigenvalue weighted by atomic mass is 10.1. The fourth-order valence-electron chi connectivity index (χ4n) is 1.02. The molecule has 0 radical (unpaired) electrons. The predicted molar refractivity (Wildman–Crippen MR) is 42.5 cm³/mol. The van der Waals surface area contributed by atoms with Gasteiger partial charge in [-0.1, -0.05) is 30.3 Å². The summed E-state index contributed by atoms with van der Waals surface area (Å²) in [6, 6.07) is 11.0. The molecule has 0 spiro atoms. The third-order valence-corrected chi connectivity index (χ3v) is 1.43. The van der Waals surface area contributed by atoms with E-state index in [2.05, 4.69) is 36.9 Å². The SMILES string of the molecule is CC([NH3+])Cc1ccccc1. The van der Waals surface area contributed by atoms with Gasteiger partial charge in [0, 0.05) is 6.42 Å². The van der Waals surface area contributed by atoms with E-state index in [1.54, 1.807) is 0 Å². The minimum Gasteiger partial charge on any atom is -0.355 e. The molecule has 1 nitrogen and oxygen atoms in total. The molecule has 1 unspecified atom stereocenters. The first kappa shape index (κ1) is 7.29. The van der Waals surface area contributed by atoms with Crippen LogP contribution < -0.4 is 5.73 Å². The molecular weight excluding hydrogens is 122 g/mol. The van der Waals surface area contributed by atoms with Gasteiger partial charge in [0.2, 0.25) is 0 Å². The van der Waals surface area contributed by atoms with Gasteiger partial charge >= 0.3 is 0 Å². The first-order valence-corrected chi connectivity index (χ1v) is 3.66. The highest BCUT2D eigenvalue weighted by molar-refractivity contribution is 5.14. The normalized spacial score (nSPS) is 13.0. The van der Waals surface area contributed by atoms with E-state index in [0.29, 0.717) is 6.04 Å². The number of benzene rings is 1. The molecule has 1 aromatic rings. The van der Waals surface area contributed by atoms with Gasteiger partial charge in [-0.15, -0.1) is 0 Å². The zero-order valence-electron chi connectivity index (χ0n) is 6.38. The number of rotatable bonds is 2. The summed E-state index contributed by atoms with van der Waals surface area (Å²) in [5, 5.41) is 0. The van der Waals surface area contributed by atoms with E-state index < -0.39 is 0 Å². The molecule has 0 aliphatic carbocycles. The second-order valence-electron chi connectivity index (χ2n) is 2.79. The van der Waals surface area contributed by atoms with Crippen molar-refractivity contribution < 1.29 is 5.73 Å². The van der Waals surface area contributed by atoms with Crippen molar-refractivity contribution >= 4 is 0 Å². The van der Waals surface area contributed by atoms with Crippen molar-refractivity contribution in [2.45, 2.75) is 19.4 Å². The molecule has 0 aliphatic heterocycles. The van der Waals surface area contributed by atoms with Crippen LogP contribution in [0.4, 0.5) is 0 Å². The minimum atomic E-state index is 0.516. The number of hydrogen-bond acceptors (Lipinski definition) is 0. The lowest BCUT2D eigenvalue weighted by Gasteiger charge is -2.00. The van der Waals surface area contributed by atoms with Crippen LogP contribution >= 0.6 is 0 Å². The standard InChI is InChI=1S/C9H13N/c1-8(10)7-9-5-3-2-4-6-9/h2-6,8H,7,10H2,1H3/p+1. The van der Waals surface area contributed by atoms with Crippen molar-refractivity contribution in [3.63, 3.8) is 0 Å². The summed E-state index contributed by atoms with van der Waals surface area (Å²) < 4.78 is 0. The summed E-state index contributed by atoms with van der Waals surface area (Å²) in [7, 11) is 0. The molecule has 0 saturated carbocycles. The highest BCUT2D eigenvalue weighted by Crippen LogP contribution is 1.99. The van der Waals surface area contributed by atoms with E-state index in [9.17, 15) is 0 Å². The highest BCUT2D eigenvalue weighted by Gasteiger charge is 1.97. The van der Waals surface area contributed by atoms with E-state index >= 15 is 0 Å². The number of quaternary nitrogens is 1. The summed E-state index contributed by atoms with van der Waals surface area (Å²) >= 11 is 0. The largest absolute Gasteiger partial charge is 0.355 e. The third kappa shape index (κ3) is 2.19. The summed E-state index contributed by atoms with van der Waals surface area (Å²) in [4.78, 5) is 0. The van der Waals surface area contributed by atoms with E-state index in [1.807, 2.05) is 6.07 Å². The van der Waals surface area contributed by atoms with Gasteiger partial charge in [0.25, 0.3) is 0 Å². The lowest BCUT2D eigenvalue weighted by molar-refractivity contribution is -0.413. The molecular formula is C9H14N+. The van der Waals surface area contributed by atoms with E-state index in [1.165, 1.54) is 5.56 Å². The molecule has 1 heteroatoms. The van der Waals surface area contributed by atoms with Gasteiger partial charge in [0.15, 0.2) is 0 Å². The molecule has 0 aliphatic rings. The fraction of sp³-hybridized carbons (Fsp3) is 0.333. The molecule has 0 bridgehead atoms. The van der Waals surface area contributed by atoms with Crippen molar-refractivity contribution in [2.75, 3.05) is 0 Å². The van der Waals surface area contributed by atoms with E-state index in [-0.39, 0.29) is 0 Å². The summed E-state index contributed by atoms with van der Waals surface area (Å²) in [6.07, 6.45) is 1.08. The molecule has 0 saturated heterocycles. The minimum absolute atomic E-state index is 0.516. The average molecular weight is 136 g/mol. The smallest absolute Gasteiger partial charge is 0.0855 e. The van der Waals surface area contributed by atoms with Gasteiger partial charge in [0.1, 0.15) is 0 Å². The topological polar surface area (TPSA) is 27.6 Å². The van der Waals surface area contributed by atoms with Crippen molar-refractivity contribution in [3.8, 4) is 0 Å². The maximum atomic E-state index is 3.93. The highest BCUT2D eigenvalue weighted by atomic mass is 14.6. The maximum Gasteiger partial charge on any atom is 0.0855 e. The zero-order chi connectivity index (χ0) is 7.40. The van der Waals surface area contributed by atoms with Crippen LogP contribution in [0.3, 0.4) is 0 Å². The van der Waals surface area contributed by atoms with Crippen LogP contribution in [0.1, 0.15) is 12.5 Å². The Balaban J connectivity index is 2.59. The molecule has 54 valence electrons. The molecule has 0 amide bonds. The van der Waals surface area contributed by atoms with Crippen molar-refractivity contribution in [3.05, 3.63) is 35.9 Å². The third-order valence-electron chi connectivity index (χ3n) is 1.43. The second kappa shape index (κ2) is 3.37. The second-order valence-corrected chi connectivity index (χ2v) is 2.79. The Morgan fingerprint density at radius 3 is 2.40 bits per heavy atom. The Bertz CT molecular complexity index is 179. The molecule has 0 heterocycles. The Morgan fingerprint density at radius 1 is 1.30 bits per heavy atom. The molecule has 1 rings (SSSR count). The van der Waals surface area contributed by atoms with Gasteiger partial charge in [-0.05, 0) is 12.5 Å². The summed E-state index contributed by atoms with van der Waals surface area (Å²) in [6.45, 7) is 2.13. The summed E-state index contributed by atoms with van der Waals surface area (Å²) in [5.74, 6) is 0. The zero-order valence-corrected chi connectivity index (χ0v) is 6.38. The van der Waals surface area contributed by atoms with Gasteiger partial charge in [-0.2, -0.15) is 0 Å². The first-order valence-electron chi connectivity index (χ1n) is 3.66. The Labute approximate surface area is 61.9 Å². The quantitative estimate of drug-likeness (QED) is 0.624. The molecule has 10 heavy (non-hydrogen) atoms. The van der Waals surface area contributed by atoms with Crippen molar-refractivity contribution in [1.82, 2.24) is 0 Å². The van der Waals surface area contributed by atoms with Crippen LogP contribution in [0.25, 0.3) is 0 Å². The molecule has 0 fully saturated rings. The van der Waals surface area contributed by atoms with Gasteiger partial charge in [0.05, 0.1) is 6.04 Å². The monoisotopic (exact) mass is 136 g/mol. The van der Waals surface area contributed by atoms with Crippen LogP contribution in [0.2, 0.25) is 0 Å². The van der Waals surface area contributed by atoms with Gasteiger partial charge in [-0.3, -0.25) is 0 Å². The maximum absolute atomic E-state index is 3.93. The van der Waals surface area contributed by atoms with E-state index in [4.69, 9.17) is 0 Å². The van der Waals surface area contributed by atoms with Crippen LogP contribution in [0.5, 0.6) is 0 Å². The Hall–Kier alpha value is -0.820. The Kier molecular flexibility index (Phi) is 2.46. The van der Waals surface area contributed by atoms with Crippen LogP contribution in [-0.4, -0.2) is 6.04 Å². The van der Waals surface area contributed by atoms with E-state index in [0.717, 1.165) is 6.42 Å².